The van der Waals surface area contributed by atoms with Gasteiger partial charge < -0.3 is 14.3 Å². The van der Waals surface area contributed by atoms with E-state index >= 15 is 0 Å². The Morgan fingerprint density at radius 3 is 2.65 bits per heavy atom. The molecule has 0 fully saturated rings. The molecule has 8 heteroatoms. The summed E-state index contributed by atoms with van der Waals surface area (Å²) in [5, 5.41) is 19.3. The molecule has 1 aromatic carbocycles. The second-order valence-electron chi connectivity index (χ2n) is 5.48. The number of hydrogen-bond acceptors (Lipinski definition) is 6. The molecule has 2 heterocycles. The number of carbonyl (C=O) groups is 1. The fourth-order valence-electron chi connectivity index (χ4n) is 2.28. The fourth-order valence-corrected chi connectivity index (χ4v) is 2.28. The van der Waals surface area contributed by atoms with Gasteiger partial charge in [0.25, 0.3) is 5.56 Å². The van der Waals surface area contributed by atoms with Gasteiger partial charge in [0.2, 0.25) is 17.7 Å². The van der Waals surface area contributed by atoms with Gasteiger partial charge in [0.1, 0.15) is 6.54 Å². The largest absolute Gasteiger partial charge is 0.421 e. The van der Waals surface area contributed by atoms with Gasteiger partial charge in [-0.15, -0.1) is 10.2 Å². The van der Waals surface area contributed by atoms with Crippen molar-refractivity contribution in [1.82, 2.24) is 14.8 Å². The van der Waals surface area contributed by atoms with Gasteiger partial charge in [0, 0.05) is 24.4 Å². The number of benzene rings is 1. The summed E-state index contributed by atoms with van der Waals surface area (Å²) >= 11 is 0. The average molecular weight is 349 g/mol. The molecule has 0 spiro atoms. The quantitative estimate of drug-likeness (QED) is 0.753. The summed E-state index contributed by atoms with van der Waals surface area (Å²) < 4.78 is 6.74. The zero-order valence-electron chi connectivity index (χ0n) is 14.0. The zero-order chi connectivity index (χ0) is 18.5. The van der Waals surface area contributed by atoms with Crippen molar-refractivity contribution in [1.29, 1.82) is 5.26 Å². The van der Waals surface area contributed by atoms with Gasteiger partial charge in [-0.25, -0.2) is 0 Å². The van der Waals surface area contributed by atoms with Crippen molar-refractivity contribution in [2.45, 2.75) is 19.9 Å². The van der Waals surface area contributed by atoms with Crippen LogP contribution in [0.3, 0.4) is 0 Å². The van der Waals surface area contributed by atoms with E-state index < -0.39 is 0 Å². The fraction of sp³-hybridized carbons (Fsp3) is 0.167. The van der Waals surface area contributed by atoms with Crippen LogP contribution >= 0.6 is 0 Å². The lowest BCUT2D eigenvalue weighted by molar-refractivity contribution is -0.116. The van der Waals surface area contributed by atoms with Crippen molar-refractivity contribution in [2.24, 2.45) is 0 Å². The van der Waals surface area contributed by atoms with Crippen molar-refractivity contribution in [3.63, 3.8) is 0 Å². The molecule has 0 atom stereocenters. The van der Waals surface area contributed by atoms with Crippen molar-refractivity contribution in [2.75, 3.05) is 5.32 Å². The topological polar surface area (TPSA) is 114 Å². The van der Waals surface area contributed by atoms with Crippen molar-refractivity contribution in [3.8, 4) is 17.5 Å². The molecule has 26 heavy (non-hydrogen) atoms. The second kappa shape index (κ2) is 7.44. The standard InChI is InChI=1S/C18H15N5O3/c1-2-16-21-22-18(26-16)13-5-8-17(25)23(10-13)11-15(24)20-14-6-3-12(9-19)4-7-14/h3-8,10H,2,11H2,1H3,(H,20,24). The molecule has 130 valence electrons. The third-order valence-electron chi connectivity index (χ3n) is 3.61. The molecule has 8 nitrogen and oxygen atoms in total. The molecule has 1 amide bonds. The number of pyridine rings is 1. The van der Waals surface area contributed by atoms with Crippen LogP contribution in [0, 0.1) is 11.3 Å². The van der Waals surface area contributed by atoms with Crippen LogP contribution in [0.1, 0.15) is 18.4 Å². The van der Waals surface area contributed by atoms with E-state index in [0.29, 0.717) is 35.0 Å². The smallest absolute Gasteiger partial charge is 0.251 e. The van der Waals surface area contributed by atoms with E-state index in [2.05, 4.69) is 15.5 Å². The number of carbonyl (C=O) groups excluding carboxylic acids is 1. The Hall–Kier alpha value is -3.73. The van der Waals surface area contributed by atoms with Crippen LogP contribution < -0.4 is 10.9 Å². The molecule has 3 rings (SSSR count). The lowest BCUT2D eigenvalue weighted by atomic mass is 10.2. The highest BCUT2D eigenvalue weighted by molar-refractivity contribution is 5.90. The highest BCUT2D eigenvalue weighted by Crippen LogP contribution is 2.16. The van der Waals surface area contributed by atoms with Crippen LogP contribution in [-0.2, 0) is 17.8 Å². The average Bonchev–Trinajstić information content (AvgIpc) is 3.13. The van der Waals surface area contributed by atoms with Crippen LogP contribution in [-0.4, -0.2) is 20.7 Å². The van der Waals surface area contributed by atoms with Crippen LogP contribution in [0.4, 0.5) is 5.69 Å². The molecule has 0 saturated heterocycles. The van der Waals surface area contributed by atoms with Gasteiger partial charge in [0.15, 0.2) is 0 Å². The predicted molar refractivity (Wildman–Crippen MR) is 93.2 cm³/mol. The van der Waals surface area contributed by atoms with Gasteiger partial charge in [-0.3, -0.25) is 9.59 Å². The number of amides is 1. The Morgan fingerprint density at radius 2 is 2.00 bits per heavy atom. The SMILES string of the molecule is CCc1nnc(-c2ccc(=O)n(CC(=O)Nc3ccc(C#N)cc3)c2)o1. The summed E-state index contributed by atoms with van der Waals surface area (Å²) in [6.07, 6.45) is 2.12. The van der Waals surface area contributed by atoms with Gasteiger partial charge in [-0.1, -0.05) is 6.92 Å². The number of aromatic nitrogens is 3. The molecule has 0 aliphatic rings. The molecule has 3 aromatic rings. The molecule has 0 unspecified atom stereocenters. The van der Waals surface area contributed by atoms with Gasteiger partial charge in [-0.2, -0.15) is 5.26 Å². The van der Waals surface area contributed by atoms with E-state index in [-0.39, 0.29) is 18.0 Å². The Labute approximate surface area is 148 Å². The Morgan fingerprint density at radius 1 is 1.23 bits per heavy atom. The predicted octanol–water partition coefficient (Wildman–Crippen LogP) is 1.97. The minimum atomic E-state index is -0.367. The molecule has 0 aliphatic carbocycles. The minimum absolute atomic E-state index is 0.165. The molecule has 1 N–H and O–H groups in total. The number of hydrogen-bond donors (Lipinski definition) is 1. The highest BCUT2D eigenvalue weighted by Gasteiger charge is 2.11. The normalized spacial score (nSPS) is 10.3. The highest BCUT2D eigenvalue weighted by atomic mass is 16.4. The maximum absolute atomic E-state index is 12.2. The number of nitrogens with zero attached hydrogens (tertiary/aromatic N) is 4. The van der Waals surface area contributed by atoms with E-state index in [0.717, 1.165) is 0 Å². The summed E-state index contributed by atoms with van der Waals surface area (Å²) in [4.78, 5) is 24.2. The van der Waals surface area contributed by atoms with Crippen LogP contribution in [0.5, 0.6) is 0 Å². The van der Waals surface area contributed by atoms with Gasteiger partial charge in [-0.05, 0) is 30.3 Å². The van der Waals surface area contributed by atoms with Crippen LogP contribution in [0.25, 0.3) is 11.5 Å². The minimum Gasteiger partial charge on any atom is -0.421 e. The monoisotopic (exact) mass is 349 g/mol. The summed E-state index contributed by atoms with van der Waals surface area (Å²) in [5.41, 5.74) is 1.28. The first-order chi connectivity index (χ1) is 12.6. The van der Waals surface area contributed by atoms with E-state index in [9.17, 15) is 9.59 Å². The maximum Gasteiger partial charge on any atom is 0.251 e. The summed E-state index contributed by atoms with van der Waals surface area (Å²) in [6, 6.07) is 11.4. The van der Waals surface area contributed by atoms with Crippen molar-refractivity contribution < 1.29 is 9.21 Å². The number of aryl methyl sites for hydroxylation is 1. The first-order valence-electron chi connectivity index (χ1n) is 7.92. The zero-order valence-corrected chi connectivity index (χ0v) is 14.0. The molecule has 0 bridgehead atoms. The molecule has 0 radical (unpaired) electrons. The van der Waals surface area contributed by atoms with Crippen LogP contribution in [0.2, 0.25) is 0 Å². The first-order valence-corrected chi connectivity index (χ1v) is 7.92. The molecular formula is C18H15N5O3. The second-order valence-corrected chi connectivity index (χ2v) is 5.48. The first kappa shape index (κ1) is 17.1. The molecule has 0 saturated carbocycles. The molecule has 0 aliphatic heterocycles. The number of nitrogens with one attached hydrogen (secondary N) is 1. The summed E-state index contributed by atoms with van der Waals surface area (Å²) in [7, 11) is 0. The number of rotatable bonds is 5. The van der Waals surface area contributed by atoms with Crippen molar-refractivity contribution >= 4 is 11.6 Å². The summed E-state index contributed by atoms with van der Waals surface area (Å²) in [6.45, 7) is 1.73. The lowest BCUT2D eigenvalue weighted by Gasteiger charge is -2.08. The Bertz CT molecular complexity index is 1030. The van der Waals surface area contributed by atoms with Gasteiger partial charge in [0.05, 0.1) is 17.2 Å². The number of anilines is 1. The number of nitriles is 1. The van der Waals surface area contributed by atoms with E-state index in [1.807, 2.05) is 13.0 Å². The lowest BCUT2D eigenvalue weighted by Crippen LogP contribution is -2.26. The maximum atomic E-state index is 12.2. The van der Waals surface area contributed by atoms with E-state index in [1.165, 1.54) is 16.8 Å². The third kappa shape index (κ3) is 3.84. The summed E-state index contributed by atoms with van der Waals surface area (Å²) in [5.74, 6) is 0.424. The van der Waals surface area contributed by atoms with E-state index in [1.54, 1.807) is 30.3 Å². The Kier molecular flexibility index (Phi) is 4.90. The van der Waals surface area contributed by atoms with E-state index in [4.69, 9.17) is 9.68 Å². The molecule has 2 aromatic heterocycles. The third-order valence-corrected chi connectivity index (χ3v) is 3.61. The Balaban J connectivity index is 1.76. The molecular weight excluding hydrogens is 334 g/mol. The van der Waals surface area contributed by atoms with Gasteiger partial charge >= 0.3 is 0 Å². The van der Waals surface area contributed by atoms with Crippen LogP contribution in [0.15, 0.2) is 51.8 Å². The van der Waals surface area contributed by atoms with Crippen molar-refractivity contribution in [3.05, 3.63) is 64.4 Å².